The fourth-order valence-electron chi connectivity index (χ4n) is 0.689. The Balaban J connectivity index is 2.52. The molecule has 1 fully saturated rings. The van der Waals surface area contributed by atoms with Gasteiger partial charge in [0, 0.05) is 6.61 Å². The molecule has 0 aromatic carbocycles. The Morgan fingerprint density at radius 2 is 2.50 bits per heavy atom. The summed E-state index contributed by atoms with van der Waals surface area (Å²) < 4.78 is 4.89. The van der Waals surface area contributed by atoms with Gasteiger partial charge in [0.15, 0.2) is 0 Å². The third-order valence-corrected chi connectivity index (χ3v) is 1.32. The Morgan fingerprint density at radius 3 is 2.75 bits per heavy atom. The van der Waals surface area contributed by atoms with E-state index in [9.17, 15) is 4.79 Å². The molecule has 2 N–H and O–H groups in total. The molecule has 3 nitrogen and oxygen atoms in total. The molecule has 46 valence electrons. The summed E-state index contributed by atoms with van der Waals surface area (Å²) in [5, 5.41) is 0. The van der Waals surface area contributed by atoms with Gasteiger partial charge in [0.1, 0.15) is 6.29 Å². The van der Waals surface area contributed by atoms with Crippen molar-refractivity contribution in [3.8, 4) is 0 Å². The van der Waals surface area contributed by atoms with Crippen molar-refractivity contribution in [2.24, 2.45) is 5.73 Å². The topological polar surface area (TPSA) is 52.3 Å². The van der Waals surface area contributed by atoms with Gasteiger partial charge in [-0.25, -0.2) is 0 Å². The van der Waals surface area contributed by atoms with E-state index in [-0.39, 0.29) is 0 Å². The first-order valence-corrected chi connectivity index (χ1v) is 2.60. The molecule has 1 unspecified atom stereocenters. The number of carbonyl (C=O) groups is 1. The predicted octanol–water partition coefficient (Wildman–Crippen LogP) is -0.697. The number of hydrogen-bond donors (Lipinski definition) is 1. The van der Waals surface area contributed by atoms with Crippen LogP contribution >= 0.6 is 0 Å². The van der Waals surface area contributed by atoms with E-state index in [0.717, 1.165) is 6.29 Å². The first-order chi connectivity index (χ1) is 3.77. The highest BCUT2D eigenvalue weighted by Gasteiger charge is 2.29. The van der Waals surface area contributed by atoms with Crippen molar-refractivity contribution < 1.29 is 9.53 Å². The van der Waals surface area contributed by atoms with Crippen LogP contribution in [0.1, 0.15) is 6.42 Å². The van der Waals surface area contributed by atoms with Crippen LogP contribution in [0.3, 0.4) is 0 Å². The van der Waals surface area contributed by atoms with Gasteiger partial charge in [0.2, 0.25) is 0 Å². The van der Waals surface area contributed by atoms with Crippen LogP contribution in [0.4, 0.5) is 0 Å². The van der Waals surface area contributed by atoms with Crippen molar-refractivity contribution in [1.29, 1.82) is 0 Å². The highest BCUT2D eigenvalue weighted by molar-refractivity contribution is 5.64. The third kappa shape index (κ3) is 0.877. The average Bonchev–Trinajstić information content (AvgIpc) is 2.17. The van der Waals surface area contributed by atoms with Gasteiger partial charge >= 0.3 is 0 Å². The second kappa shape index (κ2) is 1.84. The Kier molecular flexibility index (Phi) is 1.31. The van der Waals surface area contributed by atoms with Crippen molar-refractivity contribution >= 4 is 6.29 Å². The van der Waals surface area contributed by atoms with Crippen LogP contribution in [0.25, 0.3) is 0 Å². The van der Waals surface area contributed by atoms with Crippen molar-refractivity contribution in [3.63, 3.8) is 0 Å². The molecule has 1 heterocycles. The van der Waals surface area contributed by atoms with Crippen LogP contribution in [0.5, 0.6) is 0 Å². The van der Waals surface area contributed by atoms with E-state index >= 15 is 0 Å². The Labute approximate surface area is 47.8 Å². The Morgan fingerprint density at radius 1 is 1.75 bits per heavy atom. The maximum absolute atomic E-state index is 10.1. The lowest BCUT2D eigenvalue weighted by molar-refractivity contribution is -0.112. The van der Waals surface area contributed by atoms with E-state index < -0.39 is 5.54 Å². The normalized spacial score (nSPS) is 37.6. The lowest BCUT2D eigenvalue weighted by Gasteiger charge is -2.10. The van der Waals surface area contributed by atoms with Crippen LogP contribution in [0.2, 0.25) is 0 Å². The van der Waals surface area contributed by atoms with E-state index in [1.165, 1.54) is 0 Å². The molecule has 0 amide bonds. The minimum absolute atomic E-state index is 0.385. The Bertz CT molecular complexity index is 96.6. The number of hydrogen-bond acceptors (Lipinski definition) is 3. The number of ether oxygens (including phenoxy) is 1. The zero-order chi connectivity index (χ0) is 6.04. The average molecular weight is 115 g/mol. The highest BCUT2D eigenvalue weighted by Crippen LogP contribution is 2.11. The van der Waals surface area contributed by atoms with E-state index in [1.807, 2.05) is 0 Å². The zero-order valence-corrected chi connectivity index (χ0v) is 4.59. The van der Waals surface area contributed by atoms with E-state index in [2.05, 4.69) is 0 Å². The molecule has 1 rings (SSSR count). The predicted molar refractivity (Wildman–Crippen MR) is 28.4 cm³/mol. The highest BCUT2D eigenvalue weighted by atomic mass is 16.5. The largest absolute Gasteiger partial charge is 0.379 e. The van der Waals surface area contributed by atoms with E-state index in [0.29, 0.717) is 19.6 Å². The van der Waals surface area contributed by atoms with Crippen molar-refractivity contribution in [2.45, 2.75) is 12.0 Å². The van der Waals surface area contributed by atoms with Gasteiger partial charge in [-0.05, 0) is 6.42 Å². The molecule has 0 bridgehead atoms. The van der Waals surface area contributed by atoms with Gasteiger partial charge in [-0.2, -0.15) is 0 Å². The summed E-state index contributed by atoms with van der Waals surface area (Å²) in [5.41, 5.74) is 4.80. The van der Waals surface area contributed by atoms with Crippen molar-refractivity contribution in [1.82, 2.24) is 0 Å². The van der Waals surface area contributed by atoms with Crippen molar-refractivity contribution in [3.05, 3.63) is 0 Å². The maximum Gasteiger partial charge on any atom is 0.142 e. The quantitative estimate of drug-likeness (QED) is 0.460. The molecule has 1 aliphatic heterocycles. The number of carbonyl (C=O) groups excluding carboxylic acids is 1. The van der Waals surface area contributed by atoms with Gasteiger partial charge in [0.25, 0.3) is 0 Å². The molecule has 0 spiro atoms. The summed E-state index contributed by atoms with van der Waals surface area (Å²) in [6.07, 6.45) is 1.43. The van der Waals surface area contributed by atoms with Gasteiger partial charge in [-0.15, -0.1) is 0 Å². The molecule has 3 heteroatoms. The molecular formula is C5H9NO2. The molecule has 0 aromatic rings. The second-order valence-corrected chi connectivity index (χ2v) is 2.15. The standard InChI is InChI=1S/C5H9NO2/c6-5(3-7)1-2-8-4-5/h3H,1-2,4,6H2. The fourth-order valence-corrected chi connectivity index (χ4v) is 0.689. The fraction of sp³-hybridized carbons (Fsp3) is 0.800. The van der Waals surface area contributed by atoms with Crippen molar-refractivity contribution in [2.75, 3.05) is 13.2 Å². The van der Waals surface area contributed by atoms with Crippen LogP contribution in [-0.4, -0.2) is 25.0 Å². The summed E-state index contributed by atoms with van der Waals surface area (Å²) in [7, 11) is 0. The molecule has 1 saturated heterocycles. The molecule has 0 saturated carbocycles. The van der Waals surface area contributed by atoms with Gasteiger partial charge < -0.3 is 15.3 Å². The minimum Gasteiger partial charge on any atom is -0.379 e. The van der Waals surface area contributed by atoms with Gasteiger partial charge in [-0.1, -0.05) is 0 Å². The molecule has 0 aromatic heterocycles. The van der Waals surface area contributed by atoms with Crippen LogP contribution in [-0.2, 0) is 9.53 Å². The van der Waals surface area contributed by atoms with Crippen LogP contribution in [0, 0.1) is 0 Å². The monoisotopic (exact) mass is 115 g/mol. The Hall–Kier alpha value is -0.410. The number of aldehydes is 1. The molecule has 8 heavy (non-hydrogen) atoms. The van der Waals surface area contributed by atoms with Gasteiger partial charge in [0.05, 0.1) is 12.1 Å². The van der Waals surface area contributed by atoms with E-state index in [1.54, 1.807) is 0 Å². The molecule has 1 aliphatic rings. The third-order valence-electron chi connectivity index (χ3n) is 1.32. The van der Waals surface area contributed by atoms with Crippen LogP contribution in [0.15, 0.2) is 0 Å². The lowest BCUT2D eigenvalue weighted by atomic mass is 10.0. The van der Waals surface area contributed by atoms with Gasteiger partial charge in [-0.3, -0.25) is 0 Å². The SMILES string of the molecule is NC1(C=O)CCOC1. The molecule has 0 aliphatic carbocycles. The summed E-state index contributed by atoms with van der Waals surface area (Å²) >= 11 is 0. The van der Waals surface area contributed by atoms with Crippen LogP contribution < -0.4 is 5.73 Å². The molecule has 1 atom stereocenters. The molecular weight excluding hydrogens is 106 g/mol. The minimum atomic E-state index is -0.667. The smallest absolute Gasteiger partial charge is 0.142 e. The summed E-state index contributed by atoms with van der Waals surface area (Å²) in [4.78, 5) is 10.1. The maximum atomic E-state index is 10.1. The summed E-state index contributed by atoms with van der Waals surface area (Å²) in [5.74, 6) is 0. The summed E-state index contributed by atoms with van der Waals surface area (Å²) in [6.45, 7) is 1.01. The lowest BCUT2D eigenvalue weighted by Crippen LogP contribution is -2.41. The number of rotatable bonds is 1. The zero-order valence-electron chi connectivity index (χ0n) is 4.59. The van der Waals surface area contributed by atoms with E-state index in [4.69, 9.17) is 10.5 Å². The summed E-state index contributed by atoms with van der Waals surface area (Å²) in [6, 6.07) is 0. The first-order valence-electron chi connectivity index (χ1n) is 2.60. The first kappa shape index (κ1) is 5.72. The second-order valence-electron chi connectivity index (χ2n) is 2.15. The number of nitrogens with two attached hydrogens (primary N) is 1. The molecule has 0 radical (unpaired) electrons.